The van der Waals surface area contributed by atoms with Crippen LogP contribution in [-0.4, -0.2) is 46.8 Å². The minimum atomic E-state index is -0.980. The molecule has 0 saturated heterocycles. The number of carboxylic acid groups (broad SMARTS) is 2. The van der Waals surface area contributed by atoms with Gasteiger partial charge in [0.2, 0.25) is 0 Å². The van der Waals surface area contributed by atoms with Crippen LogP contribution in [-0.2, 0) is 28.7 Å². The quantitative estimate of drug-likeness (QED) is 0.182. The maximum atomic E-state index is 12.6. The molecule has 0 unspecified atom stereocenters. The van der Waals surface area contributed by atoms with E-state index in [2.05, 4.69) is 48.1 Å². The van der Waals surface area contributed by atoms with Gasteiger partial charge in [-0.3, -0.25) is 19.2 Å². The third kappa shape index (κ3) is 5.61. The predicted octanol–water partition coefficient (Wildman–Crippen LogP) is 7.83. The summed E-state index contributed by atoms with van der Waals surface area (Å²) in [6.07, 6.45) is 9.79. The highest BCUT2D eigenvalue weighted by molar-refractivity contribution is 5.77. The van der Waals surface area contributed by atoms with Crippen molar-refractivity contribution in [3.63, 3.8) is 0 Å². The maximum Gasteiger partial charge on any atom is 0.306 e. The lowest BCUT2D eigenvalue weighted by Gasteiger charge is -2.73. The van der Waals surface area contributed by atoms with E-state index in [1.165, 1.54) is 5.57 Å². The molecule has 5 aliphatic carbocycles. The standard InChI is InChI=1S/C38H58O8/c1-23(2)24-14-19-38(22-45-31(43)12-10-29(39)40)21-20-36(6)25(33(24)38)8-9-27-35(5)17-16-28(46-32(44)13-11-30(41)42)34(3,4)26(35)15-18-37(27,36)7/h24-28,33H,1,8-22H2,2-7H3,(H,39,40)(H,41,42)/t24-,25-,26-,27+,28-,33-,35+,36-,37+,38+/m1/s1. The zero-order valence-corrected chi connectivity index (χ0v) is 29.1. The average Bonchev–Trinajstić information content (AvgIpc) is 3.36. The van der Waals surface area contributed by atoms with Gasteiger partial charge in [-0.05, 0) is 117 Å². The van der Waals surface area contributed by atoms with Crippen molar-refractivity contribution in [2.24, 2.45) is 56.7 Å². The lowest BCUT2D eigenvalue weighted by Crippen LogP contribution is -2.67. The van der Waals surface area contributed by atoms with Gasteiger partial charge in [0.05, 0.1) is 32.3 Å². The molecule has 0 amide bonds. The second-order valence-electron chi connectivity index (χ2n) is 17.3. The van der Waals surface area contributed by atoms with Crippen LogP contribution in [0.15, 0.2) is 12.2 Å². The third-order valence-electron chi connectivity index (χ3n) is 15.1. The predicted molar refractivity (Wildman–Crippen MR) is 174 cm³/mol. The number of allylic oxidation sites excluding steroid dienone is 1. The van der Waals surface area contributed by atoms with E-state index >= 15 is 0 Å². The number of carbonyl (C=O) groups excluding carboxylic acids is 2. The van der Waals surface area contributed by atoms with Crippen molar-refractivity contribution in [2.75, 3.05) is 6.61 Å². The van der Waals surface area contributed by atoms with Crippen LogP contribution in [0, 0.1) is 56.7 Å². The number of rotatable bonds is 10. The Kier molecular flexibility index (Phi) is 9.31. The highest BCUT2D eigenvalue weighted by atomic mass is 16.5. The number of aliphatic carboxylic acids is 2. The van der Waals surface area contributed by atoms with Crippen LogP contribution < -0.4 is 0 Å². The average molecular weight is 643 g/mol. The van der Waals surface area contributed by atoms with Gasteiger partial charge in [-0.15, -0.1) is 0 Å². The van der Waals surface area contributed by atoms with Gasteiger partial charge in [0.15, 0.2) is 0 Å². The summed E-state index contributed by atoms with van der Waals surface area (Å²) in [7, 11) is 0. The van der Waals surface area contributed by atoms with Gasteiger partial charge >= 0.3 is 23.9 Å². The molecule has 0 bridgehead atoms. The zero-order valence-electron chi connectivity index (χ0n) is 29.1. The van der Waals surface area contributed by atoms with E-state index in [-0.39, 0.29) is 58.9 Å². The number of carboxylic acids is 2. The van der Waals surface area contributed by atoms with Crippen molar-refractivity contribution >= 4 is 23.9 Å². The van der Waals surface area contributed by atoms with Crippen molar-refractivity contribution in [1.29, 1.82) is 0 Å². The first-order chi connectivity index (χ1) is 21.4. The van der Waals surface area contributed by atoms with Crippen molar-refractivity contribution in [2.45, 2.75) is 138 Å². The number of ether oxygens (including phenoxy) is 2. The SMILES string of the molecule is C=C(C)[C@H]1CC[C@@]2(COC(=O)CCC(=O)O)CC[C@]3(C)[C@H](CC[C@H]4[C@@]5(C)CC[C@@H](OC(=O)CCC(=O)O)C(C)(C)[C@H]5CC[C@@]43C)[C@@H]12. The molecule has 5 rings (SSSR count). The molecule has 10 atom stereocenters. The summed E-state index contributed by atoms with van der Waals surface area (Å²) in [5.74, 6) is -0.505. The van der Waals surface area contributed by atoms with E-state index in [9.17, 15) is 19.2 Å². The Balaban J connectivity index is 1.38. The molecule has 8 nitrogen and oxygen atoms in total. The highest BCUT2D eigenvalue weighted by Crippen LogP contribution is 2.77. The molecule has 5 saturated carbocycles. The second-order valence-corrected chi connectivity index (χ2v) is 17.3. The number of hydrogen-bond donors (Lipinski definition) is 2. The van der Waals surface area contributed by atoms with Gasteiger partial charge in [-0.1, -0.05) is 46.8 Å². The Labute approximate surface area is 275 Å². The normalized spacial score (nSPS) is 42.4. The van der Waals surface area contributed by atoms with Crippen LogP contribution in [0.3, 0.4) is 0 Å². The molecular weight excluding hydrogens is 584 g/mol. The molecule has 46 heavy (non-hydrogen) atoms. The summed E-state index contributed by atoms with van der Waals surface area (Å²) in [5, 5.41) is 18.1. The van der Waals surface area contributed by atoms with E-state index in [4.69, 9.17) is 19.7 Å². The molecule has 2 N–H and O–H groups in total. The Bertz CT molecular complexity index is 1250. The summed E-state index contributed by atoms with van der Waals surface area (Å²) >= 11 is 0. The fraction of sp³-hybridized carbons (Fsp3) is 0.842. The summed E-state index contributed by atoms with van der Waals surface area (Å²) in [6, 6.07) is 0. The molecule has 8 heteroatoms. The van der Waals surface area contributed by atoms with Gasteiger partial charge < -0.3 is 19.7 Å². The van der Waals surface area contributed by atoms with E-state index in [0.29, 0.717) is 36.2 Å². The van der Waals surface area contributed by atoms with Gasteiger partial charge in [0.25, 0.3) is 0 Å². The molecule has 0 spiro atoms. The third-order valence-corrected chi connectivity index (χ3v) is 15.1. The zero-order chi connectivity index (χ0) is 33.9. The smallest absolute Gasteiger partial charge is 0.306 e. The molecule has 0 aliphatic heterocycles. The fourth-order valence-corrected chi connectivity index (χ4v) is 12.7. The lowest BCUT2D eigenvalue weighted by molar-refractivity contribution is -0.252. The van der Waals surface area contributed by atoms with Gasteiger partial charge in [0.1, 0.15) is 6.10 Å². The van der Waals surface area contributed by atoms with Crippen molar-refractivity contribution in [3.8, 4) is 0 Å². The second kappa shape index (κ2) is 12.3. The molecule has 5 aliphatic rings. The first-order valence-electron chi connectivity index (χ1n) is 17.9. The maximum absolute atomic E-state index is 12.6. The van der Waals surface area contributed by atoms with Gasteiger partial charge in [-0.2, -0.15) is 0 Å². The molecule has 0 aromatic rings. The molecule has 258 valence electrons. The topological polar surface area (TPSA) is 127 Å². The first-order valence-corrected chi connectivity index (χ1v) is 17.9. The molecule has 5 fully saturated rings. The molecular formula is C38H58O8. The summed E-state index contributed by atoms with van der Waals surface area (Å²) in [4.78, 5) is 47.3. The van der Waals surface area contributed by atoms with Crippen molar-refractivity contribution in [1.82, 2.24) is 0 Å². The van der Waals surface area contributed by atoms with Crippen LogP contribution in [0.5, 0.6) is 0 Å². The van der Waals surface area contributed by atoms with Crippen molar-refractivity contribution in [3.05, 3.63) is 12.2 Å². The van der Waals surface area contributed by atoms with E-state index in [1.807, 2.05) is 0 Å². The van der Waals surface area contributed by atoms with Crippen LogP contribution in [0.4, 0.5) is 0 Å². The number of esters is 2. The fourth-order valence-electron chi connectivity index (χ4n) is 12.7. The summed E-state index contributed by atoms with van der Waals surface area (Å²) < 4.78 is 11.9. The summed E-state index contributed by atoms with van der Waals surface area (Å²) in [6.45, 7) is 19.2. The number of fused-ring (bicyclic) bond motifs is 7. The lowest BCUT2D eigenvalue weighted by atomic mass is 9.32. The van der Waals surface area contributed by atoms with E-state index in [1.54, 1.807) is 0 Å². The summed E-state index contributed by atoms with van der Waals surface area (Å²) in [5.41, 5.74) is 1.35. The van der Waals surface area contributed by atoms with Crippen molar-refractivity contribution < 1.29 is 38.9 Å². The monoisotopic (exact) mass is 642 g/mol. The highest BCUT2D eigenvalue weighted by Gasteiger charge is 2.71. The Morgan fingerprint density at radius 2 is 1.37 bits per heavy atom. The Morgan fingerprint density at radius 1 is 0.717 bits per heavy atom. The largest absolute Gasteiger partial charge is 0.481 e. The minimum Gasteiger partial charge on any atom is -0.481 e. The van der Waals surface area contributed by atoms with Gasteiger partial charge in [-0.25, -0.2) is 0 Å². The molecule has 0 aromatic heterocycles. The van der Waals surface area contributed by atoms with Gasteiger partial charge in [0, 0.05) is 10.8 Å². The van der Waals surface area contributed by atoms with Crippen LogP contribution >= 0.6 is 0 Å². The molecule has 0 heterocycles. The van der Waals surface area contributed by atoms with E-state index in [0.717, 1.165) is 64.2 Å². The first kappa shape index (κ1) is 34.9. The van der Waals surface area contributed by atoms with E-state index < -0.39 is 23.9 Å². The van der Waals surface area contributed by atoms with Crippen LogP contribution in [0.1, 0.15) is 131 Å². The molecule has 0 radical (unpaired) electrons. The Morgan fingerprint density at radius 3 is 2.00 bits per heavy atom. The molecule has 0 aromatic carbocycles. The van der Waals surface area contributed by atoms with Crippen LogP contribution in [0.2, 0.25) is 0 Å². The van der Waals surface area contributed by atoms with Crippen LogP contribution in [0.25, 0.3) is 0 Å². The number of hydrogen-bond acceptors (Lipinski definition) is 6. The number of carbonyl (C=O) groups is 4. The minimum absolute atomic E-state index is 0.0818. The Hall–Kier alpha value is -2.38.